The zero-order valence-corrected chi connectivity index (χ0v) is 23.6. The Kier molecular flexibility index (Phi) is 9.43. The van der Waals surface area contributed by atoms with Crippen molar-refractivity contribution in [2.24, 2.45) is 5.92 Å². The van der Waals surface area contributed by atoms with Crippen LogP contribution >= 0.6 is 0 Å². The second kappa shape index (κ2) is 13.4. The van der Waals surface area contributed by atoms with Crippen molar-refractivity contribution in [2.75, 3.05) is 45.4 Å². The van der Waals surface area contributed by atoms with E-state index in [0.717, 1.165) is 63.5 Å². The second-order valence-corrected chi connectivity index (χ2v) is 11.0. The molecular formula is C32H43N3O4. The fourth-order valence-electron chi connectivity index (χ4n) is 6.22. The van der Waals surface area contributed by atoms with Gasteiger partial charge in [-0.1, -0.05) is 18.2 Å². The van der Waals surface area contributed by atoms with E-state index in [4.69, 9.17) is 18.9 Å². The van der Waals surface area contributed by atoms with Crippen molar-refractivity contribution < 1.29 is 18.9 Å². The molecule has 210 valence electrons. The van der Waals surface area contributed by atoms with Gasteiger partial charge in [0.15, 0.2) is 0 Å². The average molecular weight is 534 g/mol. The van der Waals surface area contributed by atoms with Crippen molar-refractivity contribution in [1.29, 1.82) is 0 Å². The summed E-state index contributed by atoms with van der Waals surface area (Å²) in [5.41, 5.74) is 3.70. The van der Waals surface area contributed by atoms with Gasteiger partial charge in [-0.15, -0.1) is 0 Å². The lowest BCUT2D eigenvalue weighted by Crippen LogP contribution is -2.34. The lowest BCUT2D eigenvalue weighted by atomic mass is 9.74. The van der Waals surface area contributed by atoms with Crippen LogP contribution in [0.5, 0.6) is 11.5 Å². The Morgan fingerprint density at radius 3 is 2.74 bits per heavy atom. The minimum absolute atomic E-state index is 0.184. The highest BCUT2D eigenvalue weighted by molar-refractivity contribution is 5.61. The lowest BCUT2D eigenvalue weighted by Gasteiger charge is -2.37. The van der Waals surface area contributed by atoms with Gasteiger partial charge in [-0.3, -0.25) is 0 Å². The van der Waals surface area contributed by atoms with Gasteiger partial charge in [0.05, 0.1) is 38.4 Å². The van der Waals surface area contributed by atoms with Gasteiger partial charge in [-0.2, -0.15) is 0 Å². The molecule has 39 heavy (non-hydrogen) atoms. The van der Waals surface area contributed by atoms with Crippen molar-refractivity contribution in [3.05, 3.63) is 72.3 Å². The Labute approximate surface area is 233 Å². The highest BCUT2D eigenvalue weighted by Gasteiger charge is 2.33. The van der Waals surface area contributed by atoms with Gasteiger partial charge in [0, 0.05) is 44.6 Å². The van der Waals surface area contributed by atoms with E-state index >= 15 is 0 Å². The summed E-state index contributed by atoms with van der Waals surface area (Å²) in [6.45, 7) is 6.27. The molecule has 3 aromatic rings. The van der Waals surface area contributed by atoms with Crippen molar-refractivity contribution in [1.82, 2.24) is 9.55 Å². The van der Waals surface area contributed by atoms with Crippen molar-refractivity contribution >= 4 is 5.69 Å². The Morgan fingerprint density at radius 2 is 1.97 bits per heavy atom. The maximum absolute atomic E-state index is 6.72. The monoisotopic (exact) mass is 533 g/mol. The molecule has 1 aliphatic heterocycles. The number of anilines is 1. The van der Waals surface area contributed by atoms with E-state index in [1.165, 1.54) is 23.2 Å². The van der Waals surface area contributed by atoms with E-state index in [-0.39, 0.29) is 6.10 Å². The number of hydrogen-bond donors (Lipinski definition) is 0. The molecular weight excluding hydrogens is 490 g/mol. The highest BCUT2D eigenvalue weighted by Crippen LogP contribution is 2.42. The molecule has 0 N–H and O–H groups in total. The van der Waals surface area contributed by atoms with Crippen LogP contribution in [0, 0.1) is 5.92 Å². The van der Waals surface area contributed by atoms with E-state index in [9.17, 15) is 0 Å². The van der Waals surface area contributed by atoms with Crippen LogP contribution in [0.1, 0.15) is 62.1 Å². The first-order valence-corrected chi connectivity index (χ1v) is 14.4. The van der Waals surface area contributed by atoms with E-state index in [2.05, 4.69) is 70.0 Å². The first kappa shape index (κ1) is 27.5. The number of methoxy groups -OCH3 is 2. The number of nitrogens with zero attached hydrogens (tertiary/aromatic N) is 3. The van der Waals surface area contributed by atoms with Gasteiger partial charge >= 0.3 is 0 Å². The third kappa shape index (κ3) is 6.95. The third-order valence-corrected chi connectivity index (χ3v) is 8.37. The molecule has 0 spiro atoms. The van der Waals surface area contributed by atoms with Crippen molar-refractivity contribution in [3.8, 4) is 11.5 Å². The molecule has 7 nitrogen and oxygen atoms in total. The lowest BCUT2D eigenvalue weighted by molar-refractivity contribution is -0.0105. The zero-order chi connectivity index (χ0) is 27.0. The molecule has 2 heterocycles. The molecule has 1 fully saturated rings. The standard InChI is InChI=1S/C32H43N3O4/c1-24(35-15-13-33-23-35)19-25-5-11-31(29(20-25)27-7-9-28(37-3)10-8-27)39-22-26-6-12-32-30(21-26)34(16-18-38-32)14-4-17-36-2/h6-10,12-13,15,21,23-25,29,31H,4-5,11,14,16-20,22H2,1-3H3/t24-,25+,29-,31+/m1/s1. The number of hydrogen-bond acceptors (Lipinski definition) is 6. The fourth-order valence-corrected chi connectivity index (χ4v) is 6.22. The molecule has 0 radical (unpaired) electrons. The summed E-state index contributed by atoms with van der Waals surface area (Å²) in [7, 11) is 3.48. The second-order valence-electron chi connectivity index (χ2n) is 11.0. The quantitative estimate of drug-likeness (QED) is 0.257. The van der Waals surface area contributed by atoms with Crippen LogP contribution in [0.2, 0.25) is 0 Å². The van der Waals surface area contributed by atoms with E-state index in [1.54, 1.807) is 14.2 Å². The summed E-state index contributed by atoms with van der Waals surface area (Å²) in [6, 6.07) is 15.5. The normalized spacial score (nSPS) is 21.7. The van der Waals surface area contributed by atoms with Crippen LogP contribution in [0.15, 0.2) is 61.2 Å². The molecule has 2 aromatic carbocycles. The predicted octanol–water partition coefficient (Wildman–Crippen LogP) is 6.25. The molecule has 0 unspecified atom stereocenters. The Morgan fingerprint density at radius 1 is 1.10 bits per heavy atom. The van der Waals surface area contributed by atoms with Gasteiger partial charge in [0.2, 0.25) is 0 Å². The first-order valence-electron chi connectivity index (χ1n) is 14.4. The van der Waals surface area contributed by atoms with Crippen molar-refractivity contribution in [2.45, 2.75) is 63.7 Å². The number of fused-ring (bicyclic) bond motifs is 1. The Bertz CT molecular complexity index is 1150. The van der Waals surface area contributed by atoms with Crippen LogP contribution in [0.4, 0.5) is 5.69 Å². The average Bonchev–Trinajstić information content (AvgIpc) is 3.52. The summed E-state index contributed by atoms with van der Waals surface area (Å²) in [5, 5.41) is 0. The number of imidazole rings is 1. The van der Waals surface area contributed by atoms with E-state index in [1.807, 2.05) is 12.5 Å². The van der Waals surface area contributed by atoms with Gasteiger partial charge < -0.3 is 28.4 Å². The molecule has 0 bridgehead atoms. The number of ether oxygens (including phenoxy) is 4. The number of aromatic nitrogens is 2. The highest BCUT2D eigenvalue weighted by atomic mass is 16.5. The predicted molar refractivity (Wildman–Crippen MR) is 154 cm³/mol. The molecule has 7 heteroatoms. The van der Waals surface area contributed by atoms with Gasteiger partial charge in [-0.05, 0) is 80.3 Å². The van der Waals surface area contributed by atoms with E-state index in [0.29, 0.717) is 24.5 Å². The molecule has 0 amide bonds. The maximum atomic E-state index is 6.72. The van der Waals surface area contributed by atoms with E-state index < -0.39 is 0 Å². The number of benzene rings is 2. The zero-order valence-electron chi connectivity index (χ0n) is 23.6. The minimum Gasteiger partial charge on any atom is -0.497 e. The third-order valence-electron chi connectivity index (χ3n) is 8.37. The van der Waals surface area contributed by atoms with Gasteiger partial charge in [-0.25, -0.2) is 4.98 Å². The van der Waals surface area contributed by atoms with Crippen molar-refractivity contribution in [3.63, 3.8) is 0 Å². The molecule has 1 saturated carbocycles. The van der Waals surface area contributed by atoms with Crippen LogP contribution in [0.3, 0.4) is 0 Å². The van der Waals surface area contributed by atoms with Crippen LogP contribution in [-0.4, -0.2) is 56.2 Å². The molecule has 4 atom stereocenters. The largest absolute Gasteiger partial charge is 0.497 e. The topological polar surface area (TPSA) is 58.0 Å². The summed E-state index contributed by atoms with van der Waals surface area (Å²) < 4.78 is 25.6. The molecule has 1 aromatic heterocycles. The summed E-state index contributed by atoms with van der Waals surface area (Å²) >= 11 is 0. The number of rotatable bonds is 12. The first-order chi connectivity index (χ1) is 19.1. The maximum Gasteiger partial charge on any atom is 0.142 e. The smallest absolute Gasteiger partial charge is 0.142 e. The molecule has 5 rings (SSSR count). The molecule has 2 aliphatic rings. The van der Waals surface area contributed by atoms with Crippen LogP contribution in [-0.2, 0) is 16.1 Å². The minimum atomic E-state index is 0.184. The fraction of sp³-hybridized carbons (Fsp3) is 0.531. The molecule has 0 saturated heterocycles. The van der Waals surface area contributed by atoms with Crippen LogP contribution in [0.25, 0.3) is 0 Å². The summed E-state index contributed by atoms with van der Waals surface area (Å²) in [4.78, 5) is 6.66. The molecule has 1 aliphatic carbocycles. The Balaban J connectivity index is 1.27. The SMILES string of the molecule is COCCCN1CCOc2ccc(CO[C@H]3CC[C@@H](C[C@@H](C)n4ccnc4)C[C@@H]3c3ccc(OC)cc3)cc21. The Hall–Kier alpha value is -3.03. The van der Waals surface area contributed by atoms with Crippen LogP contribution < -0.4 is 14.4 Å². The summed E-state index contributed by atoms with van der Waals surface area (Å²) in [5.74, 6) is 2.86. The summed E-state index contributed by atoms with van der Waals surface area (Å²) in [6.07, 6.45) is 11.6. The van der Waals surface area contributed by atoms with Gasteiger partial charge in [0.25, 0.3) is 0 Å². The van der Waals surface area contributed by atoms with Gasteiger partial charge in [0.1, 0.15) is 18.1 Å².